The van der Waals surface area contributed by atoms with Crippen molar-refractivity contribution in [2.75, 3.05) is 5.32 Å². The van der Waals surface area contributed by atoms with Crippen molar-refractivity contribution in [2.24, 2.45) is 11.8 Å². The van der Waals surface area contributed by atoms with Gasteiger partial charge >= 0.3 is 0 Å². The monoisotopic (exact) mass is 381 g/mol. The van der Waals surface area contributed by atoms with Crippen molar-refractivity contribution in [3.8, 4) is 0 Å². The van der Waals surface area contributed by atoms with Crippen LogP contribution in [0, 0.1) is 11.8 Å². The van der Waals surface area contributed by atoms with Crippen LogP contribution in [0.5, 0.6) is 0 Å². The Labute approximate surface area is 166 Å². The van der Waals surface area contributed by atoms with E-state index in [-0.39, 0.29) is 17.9 Å². The lowest BCUT2D eigenvalue weighted by atomic mass is 9.76. The van der Waals surface area contributed by atoms with Crippen LogP contribution in [0.3, 0.4) is 0 Å². The highest BCUT2D eigenvalue weighted by atomic mass is 16.3. The summed E-state index contributed by atoms with van der Waals surface area (Å²) < 4.78 is 0. The van der Waals surface area contributed by atoms with Crippen LogP contribution in [0.1, 0.15) is 52.4 Å². The summed E-state index contributed by atoms with van der Waals surface area (Å²) in [6.07, 6.45) is 7.46. The van der Waals surface area contributed by atoms with Crippen LogP contribution < -0.4 is 10.6 Å². The molecular formula is C23H31N3O2. The van der Waals surface area contributed by atoms with Gasteiger partial charge in [0, 0.05) is 29.6 Å². The number of anilines is 1. The lowest BCUT2D eigenvalue weighted by Crippen LogP contribution is -2.48. The topological polar surface area (TPSA) is 74.2 Å². The van der Waals surface area contributed by atoms with Crippen molar-refractivity contribution in [1.29, 1.82) is 0 Å². The summed E-state index contributed by atoms with van der Waals surface area (Å²) in [7, 11) is 0. The molecule has 1 aromatic carbocycles. The summed E-state index contributed by atoms with van der Waals surface area (Å²) in [4.78, 5) is 17.1. The van der Waals surface area contributed by atoms with Gasteiger partial charge in [-0.2, -0.15) is 0 Å². The first-order valence-electron chi connectivity index (χ1n) is 10.5. The maximum Gasteiger partial charge on any atom is 0.223 e. The number of rotatable bonds is 5. The molecule has 1 heterocycles. The van der Waals surface area contributed by atoms with Crippen molar-refractivity contribution in [2.45, 2.75) is 70.1 Å². The molecule has 5 nitrogen and oxygen atoms in total. The van der Waals surface area contributed by atoms with E-state index < -0.39 is 5.60 Å². The van der Waals surface area contributed by atoms with E-state index in [0.29, 0.717) is 12.0 Å². The average molecular weight is 382 g/mol. The van der Waals surface area contributed by atoms with Crippen LogP contribution in [-0.4, -0.2) is 33.7 Å². The van der Waals surface area contributed by atoms with Gasteiger partial charge in [0.05, 0.1) is 16.8 Å². The predicted octanol–water partition coefficient (Wildman–Crippen LogP) is 3.87. The summed E-state index contributed by atoms with van der Waals surface area (Å²) in [5, 5.41) is 18.1. The fourth-order valence-corrected chi connectivity index (χ4v) is 4.65. The molecule has 4 rings (SSSR count). The number of fused-ring (bicyclic) bond motifs is 1. The van der Waals surface area contributed by atoms with E-state index in [2.05, 4.69) is 33.8 Å². The molecule has 2 fully saturated rings. The summed E-state index contributed by atoms with van der Waals surface area (Å²) in [6.45, 7) is 3.78. The van der Waals surface area contributed by atoms with E-state index in [1.165, 1.54) is 0 Å². The van der Waals surface area contributed by atoms with Crippen molar-refractivity contribution < 1.29 is 9.90 Å². The van der Waals surface area contributed by atoms with Gasteiger partial charge in [0.15, 0.2) is 0 Å². The molecule has 2 aliphatic rings. The Hall–Kier alpha value is -2.14. The summed E-state index contributed by atoms with van der Waals surface area (Å²) >= 11 is 0. The van der Waals surface area contributed by atoms with E-state index in [1.54, 1.807) is 0 Å². The molecule has 0 radical (unpaired) electrons. The van der Waals surface area contributed by atoms with Gasteiger partial charge in [-0.05, 0) is 70.4 Å². The number of aliphatic hydroxyl groups is 1. The van der Waals surface area contributed by atoms with Crippen molar-refractivity contribution in [3.05, 3.63) is 36.5 Å². The summed E-state index contributed by atoms with van der Waals surface area (Å²) in [6, 6.07) is 10.8. The zero-order valence-corrected chi connectivity index (χ0v) is 16.8. The molecule has 0 spiro atoms. The predicted molar refractivity (Wildman–Crippen MR) is 112 cm³/mol. The summed E-state index contributed by atoms with van der Waals surface area (Å²) in [5.41, 5.74) is 1.42. The normalized spacial score (nSPS) is 27.8. The first-order valence-corrected chi connectivity index (χ1v) is 10.5. The molecule has 2 saturated carbocycles. The molecule has 3 N–H and O–H groups in total. The van der Waals surface area contributed by atoms with Crippen molar-refractivity contribution in [3.63, 3.8) is 0 Å². The Bertz CT molecular complexity index is 826. The van der Waals surface area contributed by atoms with Crippen LogP contribution in [0.25, 0.3) is 10.9 Å². The van der Waals surface area contributed by atoms with E-state index >= 15 is 0 Å². The molecule has 0 aliphatic heterocycles. The number of para-hydroxylation sites is 1. The maximum absolute atomic E-state index is 12.6. The lowest BCUT2D eigenvalue weighted by molar-refractivity contribution is -0.128. The van der Waals surface area contributed by atoms with Crippen molar-refractivity contribution >= 4 is 22.5 Å². The molecule has 2 aliphatic carbocycles. The number of benzene rings is 1. The number of amides is 1. The lowest BCUT2D eigenvalue weighted by Gasteiger charge is -2.39. The number of carbonyl (C=O) groups excluding carboxylic acids is 1. The average Bonchev–Trinajstić information content (AvgIpc) is 2.64. The first-order chi connectivity index (χ1) is 13.4. The Kier molecular flexibility index (Phi) is 5.28. The van der Waals surface area contributed by atoms with Crippen molar-refractivity contribution in [1.82, 2.24) is 10.3 Å². The molecule has 2 aromatic rings. The molecule has 28 heavy (non-hydrogen) atoms. The Morgan fingerprint density at radius 2 is 1.79 bits per heavy atom. The molecule has 0 bridgehead atoms. The second-order valence-corrected chi connectivity index (χ2v) is 9.10. The molecule has 150 valence electrons. The van der Waals surface area contributed by atoms with Gasteiger partial charge in [-0.3, -0.25) is 9.78 Å². The third-order valence-electron chi connectivity index (χ3n) is 6.57. The minimum atomic E-state index is -0.613. The summed E-state index contributed by atoms with van der Waals surface area (Å²) in [5.74, 6) is 0.639. The third kappa shape index (κ3) is 4.14. The van der Waals surface area contributed by atoms with Gasteiger partial charge in [0.1, 0.15) is 0 Å². The van der Waals surface area contributed by atoms with Gasteiger partial charge in [-0.25, -0.2) is 0 Å². The zero-order valence-electron chi connectivity index (χ0n) is 16.8. The SMILES string of the molecule is CC(C)(O)C1CCC(NC(=O)C2CC(Nc3cccc4cccnc34)C2)CC1. The molecule has 0 unspecified atom stereocenters. The Balaban J connectivity index is 1.25. The zero-order chi connectivity index (χ0) is 19.7. The fourth-order valence-electron chi connectivity index (χ4n) is 4.65. The number of hydrogen-bond donors (Lipinski definition) is 3. The first kappa shape index (κ1) is 19.2. The second-order valence-electron chi connectivity index (χ2n) is 9.10. The van der Waals surface area contributed by atoms with E-state index in [1.807, 2.05) is 32.2 Å². The van der Waals surface area contributed by atoms with E-state index in [9.17, 15) is 9.90 Å². The highest BCUT2D eigenvalue weighted by Crippen LogP contribution is 2.35. The van der Waals surface area contributed by atoms with Gasteiger partial charge in [-0.1, -0.05) is 18.2 Å². The molecule has 0 saturated heterocycles. The molecule has 1 amide bonds. The second kappa shape index (κ2) is 7.70. The van der Waals surface area contributed by atoms with E-state index in [0.717, 1.165) is 55.1 Å². The number of pyridine rings is 1. The van der Waals surface area contributed by atoms with Gasteiger partial charge < -0.3 is 15.7 Å². The molecule has 1 aromatic heterocycles. The third-order valence-corrected chi connectivity index (χ3v) is 6.57. The highest BCUT2D eigenvalue weighted by Gasteiger charge is 2.37. The number of carbonyl (C=O) groups is 1. The minimum Gasteiger partial charge on any atom is -0.390 e. The Morgan fingerprint density at radius 1 is 1.07 bits per heavy atom. The standard InChI is InChI=1S/C23H31N3O2/c1-23(2,28)17-8-10-18(11-9-17)26-22(27)16-13-19(14-16)25-20-7-3-5-15-6-4-12-24-21(15)20/h3-7,12,16-19,25,28H,8-11,13-14H2,1-2H3,(H,26,27). The van der Waals surface area contributed by atoms with Crippen LogP contribution in [0.2, 0.25) is 0 Å². The quantitative estimate of drug-likeness (QED) is 0.735. The maximum atomic E-state index is 12.6. The smallest absolute Gasteiger partial charge is 0.223 e. The minimum absolute atomic E-state index is 0.104. The van der Waals surface area contributed by atoms with Crippen LogP contribution >= 0.6 is 0 Å². The number of nitrogens with zero attached hydrogens (tertiary/aromatic N) is 1. The van der Waals surface area contributed by atoms with Crippen LogP contribution in [-0.2, 0) is 4.79 Å². The van der Waals surface area contributed by atoms with Gasteiger partial charge in [0.25, 0.3) is 0 Å². The number of aromatic nitrogens is 1. The fraction of sp³-hybridized carbons (Fsp3) is 0.565. The largest absolute Gasteiger partial charge is 0.390 e. The number of hydrogen-bond acceptors (Lipinski definition) is 4. The Morgan fingerprint density at radius 3 is 2.50 bits per heavy atom. The highest BCUT2D eigenvalue weighted by molar-refractivity contribution is 5.90. The molecular weight excluding hydrogens is 350 g/mol. The van der Waals surface area contributed by atoms with E-state index in [4.69, 9.17) is 0 Å². The van der Waals surface area contributed by atoms with Gasteiger partial charge in [-0.15, -0.1) is 0 Å². The van der Waals surface area contributed by atoms with Crippen LogP contribution in [0.15, 0.2) is 36.5 Å². The molecule has 5 heteroatoms. The van der Waals surface area contributed by atoms with Crippen LogP contribution in [0.4, 0.5) is 5.69 Å². The van der Waals surface area contributed by atoms with Gasteiger partial charge in [0.2, 0.25) is 5.91 Å². The number of nitrogens with one attached hydrogen (secondary N) is 2. The molecule has 0 atom stereocenters.